The summed E-state index contributed by atoms with van der Waals surface area (Å²) in [6.45, 7) is 4.97. The second-order valence-corrected chi connectivity index (χ2v) is 7.90. The number of benzene rings is 1. The van der Waals surface area contributed by atoms with Gasteiger partial charge in [0.1, 0.15) is 0 Å². The summed E-state index contributed by atoms with van der Waals surface area (Å²) < 4.78 is 26.5. The van der Waals surface area contributed by atoms with Gasteiger partial charge in [-0.05, 0) is 63.5 Å². The second-order valence-electron chi connectivity index (χ2n) is 7.90. The molecule has 3 rings (SSSR count). The molecule has 0 bridgehead atoms. The maximum absolute atomic E-state index is 13.4. The second kappa shape index (κ2) is 8.63. The lowest BCUT2D eigenvalue weighted by atomic mass is 9.91. The Hall–Kier alpha value is -1.57. The Morgan fingerprint density at radius 3 is 2.59 bits per heavy atom. The van der Waals surface area contributed by atoms with E-state index in [-0.39, 0.29) is 19.0 Å². The molecule has 2 saturated heterocycles. The summed E-state index contributed by atoms with van der Waals surface area (Å²) in [6, 6.07) is 3.65. The number of nitrogens with zero attached hydrogens (tertiary/aromatic N) is 3. The monoisotopic (exact) mass is 381 g/mol. The van der Waals surface area contributed by atoms with Gasteiger partial charge in [-0.3, -0.25) is 4.79 Å². The topological polar surface area (TPSA) is 47.0 Å². The van der Waals surface area contributed by atoms with Crippen LogP contribution in [0.4, 0.5) is 8.78 Å². The molecule has 1 aromatic rings. The van der Waals surface area contributed by atoms with Crippen molar-refractivity contribution in [2.75, 3.05) is 46.3 Å². The predicted molar refractivity (Wildman–Crippen MR) is 99.1 cm³/mol. The summed E-state index contributed by atoms with van der Waals surface area (Å²) >= 11 is 0. The fourth-order valence-corrected chi connectivity index (χ4v) is 4.07. The first-order valence-corrected chi connectivity index (χ1v) is 9.74. The SMILES string of the molecule is CN(CCN1CCCC1)C[C@]1(O)CCCN(Cc2ccc(F)c(F)c2)C1=O. The molecule has 0 radical (unpaired) electrons. The minimum atomic E-state index is -1.42. The summed E-state index contributed by atoms with van der Waals surface area (Å²) in [5.74, 6) is -2.15. The maximum Gasteiger partial charge on any atom is 0.256 e. The molecule has 7 heteroatoms. The molecular weight excluding hydrogens is 352 g/mol. The zero-order valence-electron chi connectivity index (χ0n) is 16.0. The summed E-state index contributed by atoms with van der Waals surface area (Å²) in [7, 11) is 1.93. The average Bonchev–Trinajstić information content (AvgIpc) is 3.14. The molecule has 1 atom stereocenters. The molecule has 1 aromatic carbocycles. The summed E-state index contributed by atoms with van der Waals surface area (Å²) in [6.07, 6.45) is 3.59. The van der Waals surface area contributed by atoms with Crippen molar-refractivity contribution in [3.63, 3.8) is 0 Å². The number of carbonyl (C=O) groups excluding carboxylic acids is 1. The molecule has 5 nitrogen and oxygen atoms in total. The van der Waals surface area contributed by atoms with E-state index in [9.17, 15) is 18.7 Å². The van der Waals surface area contributed by atoms with Crippen LogP contribution in [0.3, 0.4) is 0 Å². The summed E-state index contributed by atoms with van der Waals surface area (Å²) in [5, 5.41) is 11.0. The molecule has 2 fully saturated rings. The number of halogens is 2. The largest absolute Gasteiger partial charge is 0.379 e. The van der Waals surface area contributed by atoms with Crippen LogP contribution in [0.15, 0.2) is 18.2 Å². The van der Waals surface area contributed by atoms with E-state index in [0.717, 1.165) is 38.3 Å². The van der Waals surface area contributed by atoms with Gasteiger partial charge in [0.2, 0.25) is 0 Å². The van der Waals surface area contributed by atoms with Gasteiger partial charge in [0, 0.05) is 32.7 Å². The molecule has 2 heterocycles. The molecule has 1 amide bonds. The first kappa shape index (κ1) is 20.2. The Bertz CT molecular complexity index is 667. The summed E-state index contributed by atoms with van der Waals surface area (Å²) in [4.78, 5) is 18.8. The van der Waals surface area contributed by atoms with E-state index in [2.05, 4.69) is 4.90 Å². The van der Waals surface area contributed by atoms with E-state index in [4.69, 9.17) is 0 Å². The van der Waals surface area contributed by atoms with E-state index < -0.39 is 17.2 Å². The van der Waals surface area contributed by atoms with Gasteiger partial charge in [-0.25, -0.2) is 8.78 Å². The van der Waals surface area contributed by atoms with Crippen molar-refractivity contribution in [3.05, 3.63) is 35.4 Å². The van der Waals surface area contributed by atoms with Crippen molar-refractivity contribution in [1.82, 2.24) is 14.7 Å². The van der Waals surface area contributed by atoms with Crippen LogP contribution in [0, 0.1) is 11.6 Å². The van der Waals surface area contributed by atoms with E-state index in [1.165, 1.54) is 18.9 Å². The van der Waals surface area contributed by atoms with Gasteiger partial charge in [0.25, 0.3) is 5.91 Å². The Labute approximate surface area is 159 Å². The van der Waals surface area contributed by atoms with Gasteiger partial charge in [-0.15, -0.1) is 0 Å². The average molecular weight is 381 g/mol. The van der Waals surface area contributed by atoms with E-state index >= 15 is 0 Å². The molecule has 150 valence electrons. The van der Waals surface area contributed by atoms with Crippen LogP contribution in [0.1, 0.15) is 31.2 Å². The molecule has 27 heavy (non-hydrogen) atoms. The van der Waals surface area contributed by atoms with Crippen LogP contribution in [-0.2, 0) is 11.3 Å². The van der Waals surface area contributed by atoms with Crippen LogP contribution < -0.4 is 0 Å². The Balaban J connectivity index is 1.57. The zero-order chi connectivity index (χ0) is 19.4. The highest BCUT2D eigenvalue weighted by Gasteiger charge is 2.42. The Morgan fingerprint density at radius 1 is 1.15 bits per heavy atom. The first-order chi connectivity index (χ1) is 12.9. The van der Waals surface area contributed by atoms with Gasteiger partial charge in [-0.1, -0.05) is 6.07 Å². The minimum Gasteiger partial charge on any atom is -0.379 e. The lowest BCUT2D eigenvalue weighted by molar-refractivity contribution is -0.159. The van der Waals surface area contributed by atoms with Crippen LogP contribution in [-0.4, -0.2) is 77.6 Å². The lowest BCUT2D eigenvalue weighted by Crippen LogP contribution is -2.58. The third kappa shape index (κ3) is 5.03. The normalized spacial score (nSPS) is 24.2. The highest BCUT2D eigenvalue weighted by Crippen LogP contribution is 2.25. The van der Waals surface area contributed by atoms with Crippen molar-refractivity contribution < 1.29 is 18.7 Å². The van der Waals surface area contributed by atoms with Gasteiger partial charge in [-0.2, -0.15) is 0 Å². The van der Waals surface area contributed by atoms with Crippen LogP contribution in [0.2, 0.25) is 0 Å². The number of likely N-dealkylation sites (tertiary alicyclic amines) is 2. The number of hydrogen-bond acceptors (Lipinski definition) is 4. The third-order valence-electron chi connectivity index (χ3n) is 5.59. The third-order valence-corrected chi connectivity index (χ3v) is 5.59. The van der Waals surface area contributed by atoms with Crippen molar-refractivity contribution in [2.24, 2.45) is 0 Å². The first-order valence-electron chi connectivity index (χ1n) is 9.74. The highest BCUT2D eigenvalue weighted by molar-refractivity contribution is 5.86. The van der Waals surface area contributed by atoms with Crippen molar-refractivity contribution >= 4 is 5.91 Å². The van der Waals surface area contributed by atoms with Gasteiger partial charge >= 0.3 is 0 Å². The van der Waals surface area contributed by atoms with Crippen molar-refractivity contribution in [1.29, 1.82) is 0 Å². The number of rotatable bonds is 7. The standard InChI is InChI=1S/C20H29F2N3O2/c1-23(11-12-24-8-2-3-9-24)15-20(27)7-4-10-25(19(20)26)14-16-5-6-17(21)18(22)13-16/h5-6,13,27H,2-4,7-12,14-15H2,1H3/t20-/m1/s1. The number of amides is 1. The molecule has 0 unspecified atom stereocenters. The summed E-state index contributed by atoms with van der Waals surface area (Å²) in [5.41, 5.74) is -0.898. The number of piperidine rings is 1. The lowest BCUT2D eigenvalue weighted by Gasteiger charge is -2.40. The van der Waals surface area contributed by atoms with E-state index in [0.29, 0.717) is 24.9 Å². The molecular formula is C20H29F2N3O2. The molecule has 2 aliphatic heterocycles. The van der Waals surface area contributed by atoms with Gasteiger partial charge in [0.15, 0.2) is 17.2 Å². The molecule has 2 aliphatic rings. The quantitative estimate of drug-likeness (QED) is 0.783. The number of aliphatic hydroxyl groups is 1. The smallest absolute Gasteiger partial charge is 0.256 e. The van der Waals surface area contributed by atoms with E-state index in [1.54, 1.807) is 4.90 Å². The molecule has 0 spiro atoms. The van der Waals surface area contributed by atoms with Crippen LogP contribution in [0.25, 0.3) is 0 Å². The van der Waals surface area contributed by atoms with Crippen molar-refractivity contribution in [2.45, 2.75) is 37.8 Å². The zero-order valence-corrected chi connectivity index (χ0v) is 16.0. The van der Waals surface area contributed by atoms with Crippen molar-refractivity contribution in [3.8, 4) is 0 Å². The van der Waals surface area contributed by atoms with Gasteiger partial charge in [0.05, 0.1) is 0 Å². The molecule has 0 aromatic heterocycles. The number of likely N-dealkylation sites (N-methyl/N-ethyl adjacent to an activating group) is 1. The predicted octanol–water partition coefficient (Wildman–Crippen LogP) is 1.85. The fourth-order valence-electron chi connectivity index (χ4n) is 4.07. The Kier molecular flexibility index (Phi) is 6.44. The molecule has 0 saturated carbocycles. The van der Waals surface area contributed by atoms with Gasteiger partial charge < -0.3 is 19.8 Å². The number of carbonyl (C=O) groups is 1. The van der Waals surface area contributed by atoms with Crippen LogP contribution in [0.5, 0.6) is 0 Å². The maximum atomic E-state index is 13.4. The molecule has 0 aliphatic carbocycles. The highest BCUT2D eigenvalue weighted by atomic mass is 19.2. The van der Waals surface area contributed by atoms with Crippen LogP contribution >= 0.6 is 0 Å². The number of hydrogen-bond donors (Lipinski definition) is 1. The minimum absolute atomic E-state index is 0.176. The van der Waals surface area contributed by atoms with E-state index in [1.807, 2.05) is 11.9 Å². The molecule has 1 N–H and O–H groups in total. The Morgan fingerprint density at radius 2 is 1.89 bits per heavy atom. The fraction of sp³-hybridized carbons (Fsp3) is 0.650.